The second-order valence-electron chi connectivity index (χ2n) is 13.2. The van der Waals surface area contributed by atoms with E-state index < -0.39 is 9.84 Å². The lowest BCUT2D eigenvalue weighted by molar-refractivity contribution is -0.172. The van der Waals surface area contributed by atoms with Gasteiger partial charge in [0.05, 0.1) is 10.6 Å². The first kappa shape index (κ1) is 28.4. The Labute approximate surface area is 233 Å². The lowest BCUT2D eigenvalue weighted by Gasteiger charge is -2.60. The van der Waals surface area contributed by atoms with Gasteiger partial charge in [0.15, 0.2) is 9.84 Å². The highest BCUT2D eigenvalue weighted by molar-refractivity contribution is 7.91. The van der Waals surface area contributed by atoms with Gasteiger partial charge in [0.2, 0.25) is 0 Å². The molecule has 0 aliphatic heterocycles. The Hall–Kier alpha value is -2.15. The molecule has 6 nitrogen and oxygen atoms in total. The Kier molecular flexibility index (Phi) is 7.53. The van der Waals surface area contributed by atoms with Crippen molar-refractivity contribution < 1.29 is 27.5 Å². The van der Waals surface area contributed by atoms with E-state index in [4.69, 9.17) is 9.47 Å². The normalized spacial score (nSPS) is 38.4. The summed E-state index contributed by atoms with van der Waals surface area (Å²) in [5, 5.41) is 0. The van der Waals surface area contributed by atoms with Gasteiger partial charge >= 0.3 is 11.9 Å². The average molecular weight is 557 g/mol. The van der Waals surface area contributed by atoms with Crippen LogP contribution in [0.25, 0.3) is 0 Å². The number of allylic oxidation sites excluding steroid dienone is 1. The minimum atomic E-state index is -3.34. The topological polar surface area (TPSA) is 86.7 Å². The van der Waals surface area contributed by atoms with Crippen LogP contribution in [-0.2, 0) is 28.9 Å². The predicted molar refractivity (Wildman–Crippen MR) is 149 cm³/mol. The van der Waals surface area contributed by atoms with Crippen molar-refractivity contribution in [1.82, 2.24) is 0 Å². The summed E-state index contributed by atoms with van der Waals surface area (Å²) in [4.78, 5) is 24.3. The molecule has 0 bridgehead atoms. The summed E-state index contributed by atoms with van der Waals surface area (Å²) < 4.78 is 38.0. The van der Waals surface area contributed by atoms with Crippen molar-refractivity contribution in [3.63, 3.8) is 0 Å². The molecule has 214 valence electrons. The van der Waals surface area contributed by atoms with Gasteiger partial charge in [0.25, 0.3) is 0 Å². The Morgan fingerprint density at radius 2 is 1.69 bits per heavy atom. The van der Waals surface area contributed by atoms with Crippen molar-refractivity contribution in [2.45, 2.75) is 96.7 Å². The van der Waals surface area contributed by atoms with Crippen LogP contribution in [0.15, 0.2) is 46.9 Å². The molecular weight excluding hydrogens is 512 g/mol. The van der Waals surface area contributed by atoms with Crippen LogP contribution in [0, 0.1) is 40.4 Å². The van der Waals surface area contributed by atoms with Gasteiger partial charge in [-0.15, -0.1) is 0 Å². The molecule has 1 aromatic carbocycles. The molecule has 4 aliphatic rings. The minimum Gasteiger partial charge on any atom is -0.462 e. The van der Waals surface area contributed by atoms with E-state index in [1.54, 1.807) is 24.3 Å². The second-order valence-corrected chi connectivity index (χ2v) is 15.2. The number of benzene rings is 1. The second kappa shape index (κ2) is 10.4. The van der Waals surface area contributed by atoms with E-state index in [1.165, 1.54) is 19.4 Å². The van der Waals surface area contributed by atoms with E-state index in [9.17, 15) is 18.0 Å². The van der Waals surface area contributed by atoms with E-state index in [-0.39, 0.29) is 46.6 Å². The van der Waals surface area contributed by atoms with Crippen molar-refractivity contribution in [2.75, 3.05) is 5.75 Å². The first-order chi connectivity index (χ1) is 18.4. The minimum absolute atomic E-state index is 0.0833. The number of carbonyl (C=O) groups is 2. The zero-order valence-corrected chi connectivity index (χ0v) is 24.8. The van der Waals surface area contributed by atoms with Crippen LogP contribution in [0.2, 0.25) is 0 Å². The summed E-state index contributed by atoms with van der Waals surface area (Å²) in [7, 11) is -3.34. The number of sulfone groups is 1. The van der Waals surface area contributed by atoms with Gasteiger partial charge in [-0.1, -0.05) is 50.6 Å². The van der Waals surface area contributed by atoms with Crippen LogP contribution in [0.5, 0.6) is 0 Å². The van der Waals surface area contributed by atoms with E-state index >= 15 is 0 Å². The first-order valence-corrected chi connectivity index (χ1v) is 16.3. The largest absolute Gasteiger partial charge is 0.462 e. The molecular formula is C32H44O6S. The molecule has 0 saturated heterocycles. The maximum Gasteiger partial charge on any atom is 0.302 e. The lowest BCUT2D eigenvalue weighted by Crippen LogP contribution is -2.57. The lowest BCUT2D eigenvalue weighted by atomic mass is 9.46. The van der Waals surface area contributed by atoms with Gasteiger partial charge in [0.1, 0.15) is 12.2 Å². The van der Waals surface area contributed by atoms with E-state index in [2.05, 4.69) is 26.8 Å². The predicted octanol–water partition coefficient (Wildman–Crippen LogP) is 6.15. The summed E-state index contributed by atoms with van der Waals surface area (Å²) in [6, 6.07) is 8.84. The maximum absolute atomic E-state index is 13.2. The standard InChI is InChI=1S/C32H44O6S/c1-20(19-39(35,36)25-9-7-6-8-10-25)27-13-14-28-26-12-11-23-17-24(37-21(2)33)18-30(38-22(3)34)32(23,5)29(26)15-16-31(27,28)4/h6-11,20,24,26-30H,12-19H2,1-5H3/t20-,24-,26+,27-,28+,29+,30+,31-,32+/m1/s1. The van der Waals surface area contributed by atoms with Crippen molar-refractivity contribution in [3.05, 3.63) is 42.0 Å². The fraction of sp³-hybridized carbons (Fsp3) is 0.688. The van der Waals surface area contributed by atoms with Gasteiger partial charge in [0, 0.05) is 32.1 Å². The Morgan fingerprint density at radius 3 is 2.36 bits per heavy atom. The molecule has 0 N–H and O–H groups in total. The first-order valence-electron chi connectivity index (χ1n) is 14.7. The van der Waals surface area contributed by atoms with Gasteiger partial charge in [-0.05, 0) is 79.2 Å². The van der Waals surface area contributed by atoms with Crippen molar-refractivity contribution in [1.29, 1.82) is 0 Å². The van der Waals surface area contributed by atoms with E-state index in [0.29, 0.717) is 41.4 Å². The molecule has 0 amide bonds. The number of hydrogen-bond acceptors (Lipinski definition) is 6. The summed E-state index contributed by atoms with van der Waals surface area (Å²) in [6.07, 6.45) is 8.28. The highest BCUT2D eigenvalue weighted by Gasteiger charge is 2.62. The molecule has 3 saturated carbocycles. The molecule has 0 aromatic heterocycles. The van der Waals surface area contributed by atoms with Crippen LogP contribution in [0.4, 0.5) is 0 Å². The Morgan fingerprint density at radius 1 is 1.00 bits per heavy atom. The smallest absolute Gasteiger partial charge is 0.302 e. The van der Waals surface area contributed by atoms with Gasteiger partial charge in [-0.25, -0.2) is 8.42 Å². The number of ether oxygens (including phenoxy) is 2. The maximum atomic E-state index is 13.2. The van der Waals surface area contributed by atoms with Gasteiger partial charge in [-0.3, -0.25) is 9.59 Å². The van der Waals surface area contributed by atoms with E-state index in [0.717, 1.165) is 32.1 Å². The molecule has 39 heavy (non-hydrogen) atoms. The van der Waals surface area contributed by atoms with E-state index in [1.807, 2.05) is 6.07 Å². The van der Waals surface area contributed by atoms with Gasteiger partial charge in [-0.2, -0.15) is 0 Å². The number of esters is 2. The quantitative estimate of drug-likeness (QED) is 0.309. The molecule has 4 aliphatic carbocycles. The van der Waals surface area contributed by atoms with Crippen LogP contribution >= 0.6 is 0 Å². The summed E-state index contributed by atoms with van der Waals surface area (Å²) >= 11 is 0. The summed E-state index contributed by atoms with van der Waals surface area (Å²) in [6.45, 7) is 9.73. The monoisotopic (exact) mass is 556 g/mol. The number of fused-ring (bicyclic) bond motifs is 5. The zero-order valence-electron chi connectivity index (χ0n) is 24.0. The zero-order chi connectivity index (χ0) is 28.2. The van der Waals surface area contributed by atoms with Crippen molar-refractivity contribution in [3.8, 4) is 0 Å². The Balaban J connectivity index is 1.39. The summed E-state index contributed by atoms with van der Waals surface area (Å²) in [5.41, 5.74) is 1.10. The van der Waals surface area contributed by atoms with Crippen molar-refractivity contribution >= 4 is 21.8 Å². The SMILES string of the molecule is CC(=O)O[C@@H]1CC2=CC[C@H]3[C@@H]4CC[C@H]([C@H](C)CS(=O)(=O)c5ccccc5)[C@@]4(C)CC[C@@H]3[C@@]2(C)[C@@H](OC(C)=O)C1. The van der Waals surface area contributed by atoms with Crippen molar-refractivity contribution in [2.24, 2.45) is 40.4 Å². The third kappa shape index (κ3) is 4.98. The third-order valence-electron chi connectivity index (χ3n) is 11.1. The fourth-order valence-corrected chi connectivity index (χ4v) is 11.2. The molecule has 5 rings (SSSR count). The fourth-order valence-electron chi connectivity index (χ4n) is 9.52. The molecule has 0 radical (unpaired) electrons. The molecule has 1 aromatic rings. The number of hydrogen-bond donors (Lipinski definition) is 0. The number of carbonyl (C=O) groups excluding carboxylic acids is 2. The number of rotatable bonds is 6. The Bertz CT molecular complexity index is 1240. The third-order valence-corrected chi connectivity index (χ3v) is 13.1. The van der Waals surface area contributed by atoms with Crippen LogP contribution in [0.3, 0.4) is 0 Å². The highest BCUT2D eigenvalue weighted by atomic mass is 32.2. The molecule has 7 heteroatoms. The van der Waals surface area contributed by atoms with Crippen LogP contribution < -0.4 is 0 Å². The highest BCUT2D eigenvalue weighted by Crippen LogP contribution is 2.67. The molecule has 0 spiro atoms. The average Bonchev–Trinajstić information content (AvgIpc) is 3.22. The van der Waals surface area contributed by atoms with Crippen LogP contribution in [0.1, 0.15) is 79.6 Å². The molecule has 0 heterocycles. The molecule has 3 fully saturated rings. The van der Waals surface area contributed by atoms with Gasteiger partial charge < -0.3 is 9.47 Å². The molecule has 0 unspecified atom stereocenters. The summed E-state index contributed by atoms with van der Waals surface area (Å²) in [5.74, 6) is 1.43. The van der Waals surface area contributed by atoms with Crippen LogP contribution in [-0.4, -0.2) is 38.3 Å². The molecule has 9 atom stereocenters.